The molecule has 1 nitrogen and oxygen atoms in total. The summed E-state index contributed by atoms with van der Waals surface area (Å²) < 4.78 is 0. The van der Waals surface area contributed by atoms with Crippen molar-refractivity contribution in [3.8, 4) is 11.1 Å². The first-order valence-electron chi connectivity index (χ1n) is 16.1. The van der Waals surface area contributed by atoms with Gasteiger partial charge >= 0.3 is 0 Å². The van der Waals surface area contributed by atoms with Gasteiger partial charge < -0.3 is 4.90 Å². The van der Waals surface area contributed by atoms with Crippen LogP contribution < -0.4 is 4.90 Å². The average Bonchev–Trinajstić information content (AvgIpc) is 3.08. The first-order valence-corrected chi connectivity index (χ1v) is 16.1. The molecule has 1 heteroatoms. The molecule has 0 spiro atoms. The van der Waals surface area contributed by atoms with Gasteiger partial charge in [-0.25, -0.2) is 0 Å². The minimum Gasteiger partial charge on any atom is -0.310 e. The highest BCUT2D eigenvalue weighted by Crippen LogP contribution is 2.46. The molecule has 7 aromatic rings. The van der Waals surface area contributed by atoms with Gasteiger partial charge in [0.2, 0.25) is 0 Å². The molecular formula is C44H37N. The number of fused-ring (bicyclic) bond motifs is 6. The van der Waals surface area contributed by atoms with Crippen LogP contribution in [0.5, 0.6) is 0 Å². The molecule has 1 aliphatic rings. The first-order chi connectivity index (χ1) is 22.0. The van der Waals surface area contributed by atoms with Gasteiger partial charge in [-0.05, 0) is 115 Å². The molecule has 0 saturated heterocycles. The molecule has 0 aliphatic heterocycles. The Bertz CT molecular complexity index is 2230. The number of nitrogens with zero attached hydrogens (tertiary/aromatic N) is 1. The Kier molecular flexibility index (Phi) is 6.57. The molecule has 0 bridgehead atoms. The zero-order chi connectivity index (χ0) is 30.5. The summed E-state index contributed by atoms with van der Waals surface area (Å²) in [7, 11) is 0. The second kappa shape index (κ2) is 10.8. The van der Waals surface area contributed by atoms with E-state index < -0.39 is 0 Å². The molecule has 218 valence electrons. The van der Waals surface area contributed by atoms with Crippen LogP contribution in [0.4, 0.5) is 17.1 Å². The summed E-state index contributed by atoms with van der Waals surface area (Å²) >= 11 is 0. The number of hydrogen-bond donors (Lipinski definition) is 0. The zero-order valence-electron chi connectivity index (χ0n) is 26.2. The maximum absolute atomic E-state index is 2.46. The number of anilines is 3. The van der Waals surface area contributed by atoms with Crippen LogP contribution in [0.25, 0.3) is 49.5 Å². The van der Waals surface area contributed by atoms with E-state index in [0.717, 1.165) is 24.2 Å². The van der Waals surface area contributed by atoms with Gasteiger partial charge in [0.05, 0.1) is 5.69 Å². The fourth-order valence-electron chi connectivity index (χ4n) is 7.13. The fraction of sp³-hybridized carbons (Fsp3) is 0.136. The molecular weight excluding hydrogens is 542 g/mol. The van der Waals surface area contributed by atoms with E-state index in [2.05, 4.69) is 171 Å². The number of para-hydroxylation sites is 1. The van der Waals surface area contributed by atoms with E-state index >= 15 is 0 Å². The van der Waals surface area contributed by atoms with Crippen molar-refractivity contribution in [2.45, 2.75) is 39.0 Å². The number of allylic oxidation sites excluding steroid dienone is 1. The molecule has 45 heavy (non-hydrogen) atoms. The van der Waals surface area contributed by atoms with Gasteiger partial charge in [0.15, 0.2) is 0 Å². The van der Waals surface area contributed by atoms with Crippen molar-refractivity contribution in [1.29, 1.82) is 0 Å². The molecule has 1 aliphatic carbocycles. The van der Waals surface area contributed by atoms with Crippen molar-refractivity contribution in [2.75, 3.05) is 4.90 Å². The smallest absolute Gasteiger partial charge is 0.0546 e. The van der Waals surface area contributed by atoms with Crippen LogP contribution in [0.1, 0.15) is 43.9 Å². The summed E-state index contributed by atoms with van der Waals surface area (Å²) in [5.74, 6) is 0. The maximum Gasteiger partial charge on any atom is 0.0546 e. The third kappa shape index (κ3) is 4.80. The summed E-state index contributed by atoms with van der Waals surface area (Å²) in [6.07, 6.45) is 6.84. The standard InChI is InChI=1S/C44H37N/c1-44(2,3)34-23-25-36(26-24-34)45(35-15-5-4-6-16-35)42-29-33-28-41(32-22-21-30-13-7-8-14-31(30)27-32)37-17-9-11-19-39(37)43(33)40-20-12-10-18-38(40)42/h4-8,10-16,18-29H,9,17H2,1-3H3. The highest BCUT2D eigenvalue weighted by atomic mass is 15.1. The summed E-state index contributed by atoms with van der Waals surface area (Å²) in [5.41, 5.74) is 10.4. The Balaban J connectivity index is 1.42. The minimum absolute atomic E-state index is 0.0948. The molecule has 0 unspecified atom stereocenters. The van der Waals surface area contributed by atoms with E-state index in [1.54, 1.807) is 0 Å². The molecule has 0 fully saturated rings. The number of hydrogen-bond acceptors (Lipinski definition) is 1. The lowest BCUT2D eigenvalue weighted by Crippen LogP contribution is -2.13. The predicted molar refractivity (Wildman–Crippen MR) is 195 cm³/mol. The normalized spacial score (nSPS) is 13.0. The van der Waals surface area contributed by atoms with Crippen LogP contribution in [0.3, 0.4) is 0 Å². The molecule has 7 aromatic carbocycles. The lowest BCUT2D eigenvalue weighted by Gasteiger charge is -2.29. The van der Waals surface area contributed by atoms with E-state index in [1.807, 2.05) is 0 Å². The van der Waals surface area contributed by atoms with Gasteiger partial charge in [0.1, 0.15) is 0 Å². The SMILES string of the molecule is CC(C)(C)c1ccc(N(c2ccccc2)c2cc3cc(-c4ccc5ccccc5c4)c4c(c3c3ccccc23)C=CCC4)cc1. The van der Waals surface area contributed by atoms with Gasteiger partial charge in [0, 0.05) is 16.8 Å². The van der Waals surface area contributed by atoms with Crippen molar-refractivity contribution in [2.24, 2.45) is 0 Å². The molecule has 0 atom stereocenters. The molecule has 0 aromatic heterocycles. The van der Waals surface area contributed by atoms with E-state index in [1.165, 1.54) is 65.8 Å². The Hall–Kier alpha value is -5.14. The molecule has 0 amide bonds. The number of rotatable bonds is 4. The molecule has 0 radical (unpaired) electrons. The van der Waals surface area contributed by atoms with Crippen molar-refractivity contribution < 1.29 is 0 Å². The van der Waals surface area contributed by atoms with Gasteiger partial charge in [-0.2, -0.15) is 0 Å². The van der Waals surface area contributed by atoms with E-state index in [-0.39, 0.29) is 5.41 Å². The Labute approximate surface area is 266 Å². The minimum atomic E-state index is 0.0948. The maximum atomic E-state index is 2.46. The third-order valence-corrected chi connectivity index (χ3v) is 9.43. The highest BCUT2D eigenvalue weighted by molar-refractivity contribution is 6.18. The Morgan fingerprint density at radius 1 is 0.578 bits per heavy atom. The summed E-state index contributed by atoms with van der Waals surface area (Å²) in [5, 5.41) is 7.73. The lowest BCUT2D eigenvalue weighted by atomic mass is 9.83. The summed E-state index contributed by atoms with van der Waals surface area (Å²) in [6.45, 7) is 6.82. The van der Waals surface area contributed by atoms with Crippen molar-refractivity contribution in [3.05, 3.63) is 156 Å². The zero-order valence-corrected chi connectivity index (χ0v) is 26.2. The molecule has 0 heterocycles. The van der Waals surface area contributed by atoms with Crippen molar-refractivity contribution in [1.82, 2.24) is 0 Å². The van der Waals surface area contributed by atoms with E-state index in [9.17, 15) is 0 Å². The van der Waals surface area contributed by atoms with Gasteiger partial charge in [-0.1, -0.05) is 124 Å². The number of benzene rings is 7. The van der Waals surface area contributed by atoms with Crippen molar-refractivity contribution in [3.63, 3.8) is 0 Å². The van der Waals surface area contributed by atoms with Crippen LogP contribution in [0.15, 0.2) is 140 Å². The quantitative estimate of drug-likeness (QED) is 0.187. The highest BCUT2D eigenvalue weighted by Gasteiger charge is 2.22. The second-order valence-electron chi connectivity index (χ2n) is 13.3. The summed E-state index contributed by atoms with van der Waals surface area (Å²) in [6, 6.07) is 49.4. The summed E-state index contributed by atoms with van der Waals surface area (Å²) in [4.78, 5) is 2.43. The third-order valence-electron chi connectivity index (χ3n) is 9.43. The Morgan fingerprint density at radius 2 is 1.27 bits per heavy atom. The fourth-order valence-corrected chi connectivity index (χ4v) is 7.13. The van der Waals surface area contributed by atoms with Crippen LogP contribution >= 0.6 is 0 Å². The lowest BCUT2D eigenvalue weighted by molar-refractivity contribution is 0.590. The van der Waals surface area contributed by atoms with Gasteiger partial charge in [-0.3, -0.25) is 0 Å². The van der Waals surface area contributed by atoms with Crippen LogP contribution in [0.2, 0.25) is 0 Å². The molecule has 8 rings (SSSR count). The molecule has 0 saturated carbocycles. The van der Waals surface area contributed by atoms with Crippen LogP contribution in [-0.4, -0.2) is 0 Å². The van der Waals surface area contributed by atoms with Crippen molar-refractivity contribution >= 4 is 55.5 Å². The van der Waals surface area contributed by atoms with Crippen LogP contribution in [-0.2, 0) is 11.8 Å². The molecule has 0 N–H and O–H groups in total. The monoisotopic (exact) mass is 579 g/mol. The average molecular weight is 580 g/mol. The predicted octanol–water partition coefficient (Wildman–Crippen LogP) is 12.5. The van der Waals surface area contributed by atoms with Crippen LogP contribution in [0, 0.1) is 0 Å². The van der Waals surface area contributed by atoms with Gasteiger partial charge in [-0.15, -0.1) is 0 Å². The Morgan fingerprint density at radius 3 is 2.04 bits per heavy atom. The first kappa shape index (κ1) is 27.4. The van der Waals surface area contributed by atoms with E-state index in [0.29, 0.717) is 0 Å². The topological polar surface area (TPSA) is 3.24 Å². The largest absolute Gasteiger partial charge is 0.310 e. The van der Waals surface area contributed by atoms with Gasteiger partial charge in [0.25, 0.3) is 0 Å². The van der Waals surface area contributed by atoms with E-state index in [4.69, 9.17) is 0 Å². The second-order valence-corrected chi connectivity index (χ2v) is 13.3.